The molecule has 1 aliphatic rings. The van der Waals surface area contributed by atoms with Gasteiger partial charge in [-0.25, -0.2) is 9.78 Å². The van der Waals surface area contributed by atoms with Gasteiger partial charge in [-0.15, -0.1) is 0 Å². The van der Waals surface area contributed by atoms with Crippen molar-refractivity contribution in [3.63, 3.8) is 0 Å². The monoisotopic (exact) mass is 354 g/mol. The van der Waals surface area contributed by atoms with Gasteiger partial charge in [0.25, 0.3) is 0 Å². The third-order valence-corrected chi connectivity index (χ3v) is 4.85. The molecule has 2 N–H and O–H groups in total. The molecule has 0 radical (unpaired) electrons. The third-order valence-electron chi connectivity index (χ3n) is 4.85. The van der Waals surface area contributed by atoms with Crippen LogP contribution >= 0.6 is 0 Å². The summed E-state index contributed by atoms with van der Waals surface area (Å²) in [4.78, 5) is 18.7. The predicted molar refractivity (Wildman–Crippen MR) is 102 cm³/mol. The van der Waals surface area contributed by atoms with Crippen LogP contribution in [0.4, 0.5) is 10.5 Å². The molecule has 0 spiro atoms. The highest BCUT2D eigenvalue weighted by Gasteiger charge is 2.22. The molecule has 6 nitrogen and oxygen atoms in total. The first-order valence-electron chi connectivity index (χ1n) is 9.05. The van der Waals surface area contributed by atoms with Crippen LogP contribution in [0, 0.1) is 0 Å². The van der Waals surface area contributed by atoms with E-state index in [9.17, 15) is 4.79 Å². The Morgan fingerprint density at radius 2 is 2.08 bits per heavy atom. The third kappa shape index (κ3) is 4.52. The van der Waals surface area contributed by atoms with Crippen molar-refractivity contribution in [2.75, 3.05) is 25.5 Å². The first-order valence-corrected chi connectivity index (χ1v) is 9.05. The molecule has 1 atom stereocenters. The summed E-state index contributed by atoms with van der Waals surface area (Å²) in [6.45, 7) is 4.76. The minimum atomic E-state index is -0.215. The number of benzene rings is 1. The molecule has 6 heteroatoms. The standard InChI is InChI=1S/C20H26N4O2/c1-3-18(24-11-10-15-6-4-5-7-16(15)14-24)13-22-20(25)23-17-8-9-19(26-2)21-12-17/h4-9,12,18H,3,10-11,13-14H2,1-2H3,(H2,22,23,25). The van der Waals surface area contributed by atoms with E-state index >= 15 is 0 Å². The van der Waals surface area contributed by atoms with Gasteiger partial charge in [-0.3, -0.25) is 4.90 Å². The van der Waals surface area contributed by atoms with E-state index in [0.29, 0.717) is 24.2 Å². The SMILES string of the molecule is CCC(CNC(=O)Nc1ccc(OC)nc1)N1CCc2ccccc2C1. The second kappa shape index (κ2) is 8.67. The molecule has 2 amide bonds. The smallest absolute Gasteiger partial charge is 0.319 e. The average molecular weight is 354 g/mol. The van der Waals surface area contributed by atoms with Gasteiger partial charge in [0.1, 0.15) is 0 Å². The fourth-order valence-corrected chi connectivity index (χ4v) is 3.32. The first kappa shape index (κ1) is 18.2. The number of nitrogens with one attached hydrogen (secondary N) is 2. The minimum Gasteiger partial charge on any atom is -0.481 e. The molecular formula is C20H26N4O2. The van der Waals surface area contributed by atoms with Gasteiger partial charge < -0.3 is 15.4 Å². The maximum absolute atomic E-state index is 12.2. The van der Waals surface area contributed by atoms with Crippen molar-refractivity contribution in [3.8, 4) is 5.88 Å². The number of nitrogens with zero attached hydrogens (tertiary/aromatic N) is 2. The Bertz CT molecular complexity index is 733. The molecule has 1 unspecified atom stereocenters. The molecule has 1 aromatic carbocycles. The lowest BCUT2D eigenvalue weighted by Gasteiger charge is -2.35. The van der Waals surface area contributed by atoms with Crippen LogP contribution < -0.4 is 15.4 Å². The summed E-state index contributed by atoms with van der Waals surface area (Å²) >= 11 is 0. The number of urea groups is 1. The van der Waals surface area contributed by atoms with Crippen molar-refractivity contribution in [2.24, 2.45) is 0 Å². The first-order chi connectivity index (χ1) is 12.7. The molecule has 0 saturated heterocycles. The summed E-state index contributed by atoms with van der Waals surface area (Å²) in [5.74, 6) is 0.521. The average Bonchev–Trinajstić information content (AvgIpc) is 2.69. The number of anilines is 1. The predicted octanol–water partition coefficient (Wildman–Crippen LogP) is 3.05. The van der Waals surface area contributed by atoms with Gasteiger partial charge in [0.05, 0.1) is 19.0 Å². The molecule has 2 aromatic rings. The van der Waals surface area contributed by atoms with Gasteiger partial charge in [-0.1, -0.05) is 31.2 Å². The van der Waals surface area contributed by atoms with Gasteiger partial charge in [0, 0.05) is 31.7 Å². The van der Waals surface area contributed by atoms with Gasteiger partial charge >= 0.3 is 6.03 Å². The van der Waals surface area contributed by atoms with Crippen LogP contribution in [-0.4, -0.2) is 42.2 Å². The Labute approximate surface area is 154 Å². The van der Waals surface area contributed by atoms with E-state index in [4.69, 9.17) is 4.74 Å². The number of carbonyl (C=O) groups is 1. The maximum Gasteiger partial charge on any atom is 0.319 e. The van der Waals surface area contributed by atoms with Gasteiger partial charge in [0.15, 0.2) is 0 Å². The quantitative estimate of drug-likeness (QED) is 0.837. The molecule has 26 heavy (non-hydrogen) atoms. The van der Waals surface area contributed by atoms with E-state index in [2.05, 4.69) is 51.7 Å². The second-order valence-corrected chi connectivity index (χ2v) is 6.48. The van der Waals surface area contributed by atoms with Gasteiger partial charge in [-0.2, -0.15) is 0 Å². The fraction of sp³-hybridized carbons (Fsp3) is 0.400. The number of ether oxygens (including phenoxy) is 1. The highest BCUT2D eigenvalue weighted by atomic mass is 16.5. The van der Waals surface area contributed by atoms with E-state index in [-0.39, 0.29) is 6.03 Å². The topological polar surface area (TPSA) is 66.5 Å². The lowest BCUT2D eigenvalue weighted by atomic mass is 9.98. The number of fused-ring (bicyclic) bond motifs is 1. The van der Waals surface area contributed by atoms with Crippen LogP contribution in [-0.2, 0) is 13.0 Å². The van der Waals surface area contributed by atoms with E-state index in [1.807, 2.05) is 0 Å². The summed E-state index contributed by atoms with van der Waals surface area (Å²) in [6.07, 6.45) is 3.64. The number of amides is 2. The van der Waals surface area contributed by atoms with Crippen LogP contribution in [0.25, 0.3) is 0 Å². The molecule has 1 aliphatic heterocycles. The Kier molecular flexibility index (Phi) is 6.07. The molecule has 0 aliphatic carbocycles. The zero-order chi connectivity index (χ0) is 18.4. The Balaban J connectivity index is 1.51. The fourth-order valence-electron chi connectivity index (χ4n) is 3.32. The Morgan fingerprint density at radius 1 is 1.27 bits per heavy atom. The number of aromatic nitrogens is 1. The van der Waals surface area contributed by atoms with Crippen LogP contribution in [0.5, 0.6) is 5.88 Å². The number of hydrogen-bond acceptors (Lipinski definition) is 4. The molecule has 0 saturated carbocycles. The number of carbonyl (C=O) groups excluding carboxylic acids is 1. The van der Waals surface area contributed by atoms with Crippen molar-refractivity contribution in [2.45, 2.75) is 32.4 Å². The van der Waals surface area contributed by atoms with Crippen LogP contribution in [0.3, 0.4) is 0 Å². The normalized spacial score (nSPS) is 15.0. The van der Waals surface area contributed by atoms with E-state index < -0.39 is 0 Å². The van der Waals surface area contributed by atoms with Crippen molar-refractivity contribution < 1.29 is 9.53 Å². The second-order valence-electron chi connectivity index (χ2n) is 6.48. The van der Waals surface area contributed by atoms with Crippen LogP contribution in [0.15, 0.2) is 42.6 Å². The summed E-state index contributed by atoms with van der Waals surface area (Å²) in [5, 5.41) is 5.79. The number of hydrogen-bond donors (Lipinski definition) is 2. The highest BCUT2D eigenvalue weighted by molar-refractivity contribution is 5.89. The maximum atomic E-state index is 12.2. The Hall–Kier alpha value is -2.60. The molecular weight excluding hydrogens is 328 g/mol. The largest absolute Gasteiger partial charge is 0.481 e. The van der Waals surface area contributed by atoms with Crippen molar-refractivity contribution in [3.05, 3.63) is 53.7 Å². The summed E-state index contributed by atoms with van der Waals surface area (Å²) in [5.41, 5.74) is 3.48. The van der Waals surface area contributed by atoms with Gasteiger partial charge in [-0.05, 0) is 30.0 Å². The van der Waals surface area contributed by atoms with E-state index in [1.165, 1.54) is 11.1 Å². The molecule has 3 rings (SSSR count). The number of pyridine rings is 1. The van der Waals surface area contributed by atoms with Crippen LogP contribution in [0.2, 0.25) is 0 Å². The van der Waals surface area contributed by atoms with Gasteiger partial charge in [0.2, 0.25) is 5.88 Å². The summed E-state index contributed by atoms with van der Waals surface area (Å²) in [7, 11) is 1.56. The molecule has 2 heterocycles. The van der Waals surface area contributed by atoms with Crippen molar-refractivity contribution in [1.29, 1.82) is 0 Å². The molecule has 0 fully saturated rings. The van der Waals surface area contributed by atoms with Crippen molar-refractivity contribution in [1.82, 2.24) is 15.2 Å². The Morgan fingerprint density at radius 3 is 2.77 bits per heavy atom. The number of methoxy groups -OCH3 is 1. The lowest BCUT2D eigenvalue weighted by Crippen LogP contribution is -2.46. The summed E-state index contributed by atoms with van der Waals surface area (Å²) < 4.78 is 5.01. The minimum absolute atomic E-state index is 0.215. The molecule has 0 bridgehead atoms. The van der Waals surface area contributed by atoms with E-state index in [1.54, 1.807) is 25.4 Å². The zero-order valence-electron chi connectivity index (χ0n) is 15.4. The number of rotatable bonds is 6. The zero-order valence-corrected chi connectivity index (χ0v) is 15.4. The van der Waals surface area contributed by atoms with Crippen LogP contribution in [0.1, 0.15) is 24.5 Å². The van der Waals surface area contributed by atoms with E-state index in [0.717, 1.165) is 25.9 Å². The molecule has 1 aromatic heterocycles. The summed E-state index contributed by atoms with van der Waals surface area (Å²) in [6, 6.07) is 12.2. The van der Waals surface area contributed by atoms with Crippen molar-refractivity contribution >= 4 is 11.7 Å². The lowest BCUT2D eigenvalue weighted by molar-refractivity contribution is 0.170. The molecule has 138 valence electrons. The highest BCUT2D eigenvalue weighted by Crippen LogP contribution is 2.21.